The Kier molecular flexibility index (Phi) is 8.19. The van der Waals surface area contributed by atoms with Crippen LogP contribution in [-0.4, -0.2) is 55.9 Å². The predicted molar refractivity (Wildman–Crippen MR) is 129 cm³/mol. The summed E-state index contributed by atoms with van der Waals surface area (Å²) in [7, 11) is -5.72. The van der Waals surface area contributed by atoms with Gasteiger partial charge in [0.25, 0.3) is 0 Å². The lowest BCUT2D eigenvalue weighted by Gasteiger charge is -2.30. The highest BCUT2D eigenvalue weighted by Gasteiger charge is 2.48. The lowest BCUT2D eigenvalue weighted by atomic mass is 9.88. The molecule has 36 heavy (non-hydrogen) atoms. The Hall–Kier alpha value is -2.66. The van der Waals surface area contributed by atoms with E-state index in [2.05, 4.69) is 14.1 Å². The van der Waals surface area contributed by atoms with Gasteiger partial charge in [0.2, 0.25) is 5.91 Å². The molecule has 4 rings (SSSR count). The molecule has 11 heteroatoms. The summed E-state index contributed by atoms with van der Waals surface area (Å²) in [5.74, 6) is 0.421. The zero-order chi connectivity index (χ0) is 25.8. The Morgan fingerprint density at radius 3 is 2.56 bits per heavy atom. The van der Waals surface area contributed by atoms with Crippen LogP contribution in [0.3, 0.4) is 0 Å². The highest BCUT2D eigenvalue weighted by Crippen LogP contribution is 2.32. The molecule has 2 fully saturated rings. The maximum Gasteiger partial charge on any atom is 0.534 e. The molecular weight excluding hydrogens is 495 g/mol. The van der Waals surface area contributed by atoms with Crippen molar-refractivity contribution in [2.45, 2.75) is 50.0 Å². The zero-order valence-corrected chi connectivity index (χ0v) is 20.7. The van der Waals surface area contributed by atoms with E-state index in [-0.39, 0.29) is 23.5 Å². The SMILES string of the molecule is O=C(C1CCCCC1)N(CCN1CCC(c2cccc(OS(=O)(=O)C(F)(F)F)c2)C1)c1ccccn1. The van der Waals surface area contributed by atoms with E-state index in [1.165, 1.54) is 18.2 Å². The number of carbonyl (C=O) groups is 1. The van der Waals surface area contributed by atoms with Gasteiger partial charge in [-0.25, -0.2) is 4.98 Å². The minimum Gasteiger partial charge on any atom is -0.376 e. The van der Waals surface area contributed by atoms with Crippen LogP contribution < -0.4 is 9.08 Å². The molecule has 0 radical (unpaired) electrons. The van der Waals surface area contributed by atoms with Gasteiger partial charge in [-0.3, -0.25) is 9.69 Å². The highest BCUT2D eigenvalue weighted by atomic mass is 32.2. The monoisotopic (exact) mass is 525 g/mol. The predicted octanol–water partition coefficient (Wildman–Crippen LogP) is 4.71. The number of nitrogens with zero attached hydrogens (tertiary/aromatic N) is 3. The number of anilines is 1. The summed E-state index contributed by atoms with van der Waals surface area (Å²) >= 11 is 0. The van der Waals surface area contributed by atoms with Crippen molar-refractivity contribution >= 4 is 21.8 Å². The number of carbonyl (C=O) groups excluding carboxylic acids is 1. The number of hydrogen-bond acceptors (Lipinski definition) is 6. The van der Waals surface area contributed by atoms with E-state index in [0.717, 1.165) is 45.1 Å². The first-order chi connectivity index (χ1) is 17.1. The number of likely N-dealkylation sites (tertiary alicyclic amines) is 1. The molecule has 0 N–H and O–H groups in total. The number of aromatic nitrogens is 1. The summed E-state index contributed by atoms with van der Waals surface area (Å²) in [5.41, 5.74) is -4.77. The maximum absolute atomic E-state index is 13.3. The van der Waals surface area contributed by atoms with Crippen LogP contribution in [0.5, 0.6) is 5.75 Å². The van der Waals surface area contributed by atoms with Gasteiger partial charge < -0.3 is 9.08 Å². The largest absolute Gasteiger partial charge is 0.534 e. The first kappa shape index (κ1) is 26.4. The second kappa shape index (κ2) is 11.2. The fourth-order valence-corrected chi connectivity index (χ4v) is 5.42. The van der Waals surface area contributed by atoms with Crippen molar-refractivity contribution in [2.24, 2.45) is 5.92 Å². The topological polar surface area (TPSA) is 79.8 Å². The molecule has 1 saturated heterocycles. The summed E-state index contributed by atoms with van der Waals surface area (Å²) in [6.07, 6.45) is 7.52. The Balaban J connectivity index is 1.39. The third kappa shape index (κ3) is 6.36. The smallest absolute Gasteiger partial charge is 0.376 e. The van der Waals surface area contributed by atoms with Gasteiger partial charge in [-0.15, -0.1) is 0 Å². The fourth-order valence-electron chi connectivity index (χ4n) is 4.96. The van der Waals surface area contributed by atoms with E-state index in [9.17, 15) is 26.4 Å². The number of alkyl halides is 3. The third-order valence-electron chi connectivity index (χ3n) is 6.88. The van der Waals surface area contributed by atoms with Gasteiger partial charge in [-0.2, -0.15) is 21.6 Å². The molecule has 2 aliphatic rings. The molecule has 1 aromatic heterocycles. The number of pyridine rings is 1. The van der Waals surface area contributed by atoms with Crippen molar-refractivity contribution in [1.29, 1.82) is 0 Å². The molecule has 1 amide bonds. The van der Waals surface area contributed by atoms with E-state index in [1.807, 2.05) is 18.2 Å². The molecule has 2 heterocycles. The molecule has 2 aromatic rings. The van der Waals surface area contributed by atoms with Crippen LogP contribution in [0.2, 0.25) is 0 Å². The summed E-state index contributed by atoms with van der Waals surface area (Å²) in [6.45, 7) is 2.52. The van der Waals surface area contributed by atoms with Crippen molar-refractivity contribution < 1.29 is 30.6 Å². The minimum absolute atomic E-state index is 0.0134. The Morgan fingerprint density at radius 1 is 1.08 bits per heavy atom. The van der Waals surface area contributed by atoms with Gasteiger partial charge in [0.15, 0.2) is 0 Å². The molecule has 1 unspecified atom stereocenters. The average Bonchev–Trinajstić information content (AvgIpc) is 3.34. The van der Waals surface area contributed by atoms with Crippen LogP contribution in [0, 0.1) is 5.92 Å². The second-order valence-electron chi connectivity index (χ2n) is 9.35. The van der Waals surface area contributed by atoms with Gasteiger partial charge in [0.1, 0.15) is 11.6 Å². The fraction of sp³-hybridized carbons (Fsp3) is 0.520. The van der Waals surface area contributed by atoms with Crippen LogP contribution >= 0.6 is 0 Å². The van der Waals surface area contributed by atoms with Crippen LogP contribution in [-0.2, 0) is 14.9 Å². The summed E-state index contributed by atoms with van der Waals surface area (Å²) in [4.78, 5) is 21.7. The van der Waals surface area contributed by atoms with Crippen LogP contribution in [0.25, 0.3) is 0 Å². The summed E-state index contributed by atoms with van der Waals surface area (Å²) in [5, 5.41) is 0. The Labute approximate surface area is 209 Å². The minimum atomic E-state index is -5.72. The first-order valence-corrected chi connectivity index (χ1v) is 13.6. The second-order valence-corrected chi connectivity index (χ2v) is 10.9. The molecule has 7 nitrogen and oxygen atoms in total. The molecule has 1 aliphatic carbocycles. The average molecular weight is 526 g/mol. The number of benzene rings is 1. The number of rotatable bonds is 8. The summed E-state index contributed by atoms with van der Waals surface area (Å²) < 4.78 is 65.0. The molecule has 0 spiro atoms. The van der Waals surface area contributed by atoms with Gasteiger partial charge in [-0.05, 0) is 61.6 Å². The van der Waals surface area contributed by atoms with E-state index < -0.39 is 15.6 Å². The van der Waals surface area contributed by atoms with Crippen molar-refractivity contribution in [3.63, 3.8) is 0 Å². The number of amides is 1. The molecule has 1 aliphatic heterocycles. The van der Waals surface area contributed by atoms with Gasteiger partial charge >= 0.3 is 15.6 Å². The Morgan fingerprint density at radius 2 is 1.86 bits per heavy atom. The van der Waals surface area contributed by atoms with Crippen molar-refractivity contribution in [3.8, 4) is 5.75 Å². The van der Waals surface area contributed by atoms with Crippen LogP contribution in [0.4, 0.5) is 19.0 Å². The zero-order valence-electron chi connectivity index (χ0n) is 19.9. The lowest BCUT2D eigenvalue weighted by Crippen LogP contribution is -2.42. The standard InChI is InChI=1S/C25H30F3N3O4S/c26-25(27,28)36(33,34)35-22-10-6-9-20(17-22)21-12-14-30(18-21)15-16-31(23-11-4-5-13-29-23)24(32)19-7-2-1-3-8-19/h4-6,9-11,13,17,19,21H,1-3,7-8,12,14-16,18H2. The van der Waals surface area contributed by atoms with E-state index in [0.29, 0.717) is 31.0 Å². The van der Waals surface area contributed by atoms with Gasteiger partial charge in [-0.1, -0.05) is 37.5 Å². The van der Waals surface area contributed by atoms with Crippen molar-refractivity contribution in [1.82, 2.24) is 9.88 Å². The molecule has 196 valence electrons. The maximum atomic E-state index is 13.3. The van der Waals surface area contributed by atoms with E-state index in [4.69, 9.17) is 0 Å². The normalized spacial score (nSPS) is 19.8. The van der Waals surface area contributed by atoms with E-state index in [1.54, 1.807) is 17.2 Å². The molecule has 1 atom stereocenters. The van der Waals surface area contributed by atoms with Crippen molar-refractivity contribution in [2.75, 3.05) is 31.1 Å². The van der Waals surface area contributed by atoms with E-state index >= 15 is 0 Å². The van der Waals surface area contributed by atoms with Crippen molar-refractivity contribution in [3.05, 3.63) is 54.2 Å². The molecule has 1 saturated carbocycles. The number of hydrogen-bond donors (Lipinski definition) is 0. The Bertz CT molecular complexity index is 1140. The molecule has 0 bridgehead atoms. The number of halogens is 3. The van der Waals surface area contributed by atoms with Crippen LogP contribution in [0.1, 0.15) is 50.0 Å². The molecular formula is C25H30F3N3O4S. The lowest BCUT2D eigenvalue weighted by molar-refractivity contribution is -0.123. The first-order valence-electron chi connectivity index (χ1n) is 12.2. The molecule has 1 aromatic carbocycles. The van der Waals surface area contributed by atoms with Crippen LogP contribution in [0.15, 0.2) is 48.7 Å². The summed E-state index contributed by atoms with van der Waals surface area (Å²) in [6, 6.07) is 11.3. The van der Waals surface area contributed by atoms with Gasteiger partial charge in [0, 0.05) is 31.7 Å². The highest BCUT2D eigenvalue weighted by molar-refractivity contribution is 7.88. The quantitative estimate of drug-likeness (QED) is 0.367. The van der Waals surface area contributed by atoms with Gasteiger partial charge in [0.05, 0.1) is 0 Å². The third-order valence-corrected chi connectivity index (χ3v) is 7.86.